The Bertz CT molecular complexity index is 562. The Morgan fingerprint density at radius 1 is 1.22 bits per heavy atom. The molecule has 1 aromatic rings. The number of hydrogen-bond acceptors (Lipinski definition) is 8. The largest absolute Gasteiger partial charge is 0.507 e. The van der Waals surface area contributed by atoms with Gasteiger partial charge in [0.1, 0.15) is 35.9 Å². The van der Waals surface area contributed by atoms with Crippen molar-refractivity contribution in [1.29, 1.82) is 0 Å². The highest BCUT2D eigenvalue weighted by Crippen LogP contribution is 2.30. The van der Waals surface area contributed by atoms with Crippen molar-refractivity contribution in [3.63, 3.8) is 0 Å². The van der Waals surface area contributed by atoms with Crippen molar-refractivity contribution in [2.24, 2.45) is 0 Å². The first kappa shape index (κ1) is 17.6. The molecule has 0 spiro atoms. The van der Waals surface area contributed by atoms with Gasteiger partial charge in [-0.2, -0.15) is 0 Å². The van der Waals surface area contributed by atoms with Crippen LogP contribution in [0.25, 0.3) is 0 Å². The van der Waals surface area contributed by atoms with Crippen LogP contribution in [0, 0.1) is 6.92 Å². The first-order valence-corrected chi connectivity index (χ1v) is 7.08. The average molecular weight is 328 g/mol. The molecule has 2 rings (SSSR count). The summed E-state index contributed by atoms with van der Waals surface area (Å²) < 4.78 is 10.6. The second-order valence-electron chi connectivity index (χ2n) is 5.51. The molecule has 0 saturated carbocycles. The van der Waals surface area contributed by atoms with Crippen molar-refractivity contribution in [1.82, 2.24) is 0 Å². The molecular formula is C15H20O8. The maximum Gasteiger partial charge on any atom is 0.229 e. The van der Waals surface area contributed by atoms with E-state index in [0.717, 1.165) is 0 Å². The van der Waals surface area contributed by atoms with Gasteiger partial charge in [0.25, 0.3) is 0 Å². The number of rotatable bonds is 4. The van der Waals surface area contributed by atoms with Crippen molar-refractivity contribution in [3.8, 4) is 11.5 Å². The smallest absolute Gasteiger partial charge is 0.229 e. The number of carbonyl (C=O) groups is 1. The molecule has 1 aromatic carbocycles. The van der Waals surface area contributed by atoms with Gasteiger partial charge in [-0.25, -0.2) is 0 Å². The summed E-state index contributed by atoms with van der Waals surface area (Å²) in [6.07, 6.45) is -7.04. The fourth-order valence-electron chi connectivity index (χ4n) is 2.56. The number of ketones is 1. The second-order valence-corrected chi connectivity index (χ2v) is 5.51. The lowest BCUT2D eigenvalue weighted by Gasteiger charge is -2.39. The normalized spacial score (nSPS) is 31.0. The summed E-state index contributed by atoms with van der Waals surface area (Å²) in [5.74, 6) is -0.481. The van der Waals surface area contributed by atoms with E-state index in [-0.39, 0.29) is 22.8 Å². The summed E-state index contributed by atoms with van der Waals surface area (Å²) in [6, 6.07) is 2.66. The maximum atomic E-state index is 11.4. The molecule has 5 N–H and O–H groups in total. The Labute approximate surface area is 132 Å². The number of benzene rings is 1. The van der Waals surface area contributed by atoms with E-state index in [0.29, 0.717) is 5.56 Å². The van der Waals surface area contributed by atoms with Crippen LogP contribution in [0.4, 0.5) is 0 Å². The molecule has 0 unspecified atom stereocenters. The Kier molecular flexibility index (Phi) is 5.23. The summed E-state index contributed by atoms with van der Waals surface area (Å²) >= 11 is 0. The average Bonchev–Trinajstić information content (AvgIpc) is 2.46. The highest BCUT2D eigenvalue weighted by molar-refractivity contribution is 5.98. The number of aryl methyl sites for hydroxylation is 1. The third kappa shape index (κ3) is 3.46. The molecule has 0 amide bonds. The van der Waals surface area contributed by atoms with Gasteiger partial charge in [-0.05, 0) is 25.5 Å². The summed E-state index contributed by atoms with van der Waals surface area (Å²) in [5.41, 5.74) is 0.628. The van der Waals surface area contributed by atoms with Gasteiger partial charge in [0.2, 0.25) is 6.29 Å². The topological polar surface area (TPSA) is 137 Å². The minimum absolute atomic E-state index is 0.106. The van der Waals surface area contributed by atoms with E-state index in [9.17, 15) is 25.2 Å². The van der Waals surface area contributed by atoms with Crippen molar-refractivity contribution in [2.45, 2.75) is 44.6 Å². The van der Waals surface area contributed by atoms with Crippen LogP contribution in [0.15, 0.2) is 12.1 Å². The third-order valence-electron chi connectivity index (χ3n) is 3.74. The lowest BCUT2D eigenvalue weighted by atomic mass is 9.99. The van der Waals surface area contributed by atoms with Crippen LogP contribution >= 0.6 is 0 Å². The van der Waals surface area contributed by atoms with Gasteiger partial charge < -0.3 is 35.0 Å². The molecule has 1 fully saturated rings. The molecule has 1 aliphatic heterocycles. The van der Waals surface area contributed by atoms with Crippen LogP contribution in [0.3, 0.4) is 0 Å². The van der Waals surface area contributed by atoms with Crippen LogP contribution < -0.4 is 4.74 Å². The third-order valence-corrected chi connectivity index (χ3v) is 3.74. The molecule has 0 aromatic heterocycles. The number of aliphatic hydroxyl groups is 4. The fourth-order valence-corrected chi connectivity index (χ4v) is 2.56. The Morgan fingerprint density at radius 3 is 2.39 bits per heavy atom. The number of carbonyl (C=O) groups excluding carboxylic acids is 1. The first-order valence-electron chi connectivity index (χ1n) is 7.08. The van der Waals surface area contributed by atoms with E-state index < -0.39 is 37.3 Å². The highest BCUT2D eigenvalue weighted by Gasteiger charge is 2.44. The molecule has 128 valence electrons. The molecule has 0 radical (unpaired) electrons. The van der Waals surface area contributed by atoms with E-state index in [1.165, 1.54) is 19.1 Å². The second kappa shape index (κ2) is 6.81. The summed E-state index contributed by atoms with van der Waals surface area (Å²) in [7, 11) is 0. The molecule has 8 heteroatoms. The Balaban J connectivity index is 2.23. The van der Waals surface area contributed by atoms with Gasteiger partial charge >= 0.3 is 0 Å². The lowest BCUT2D eigenvalue weighted by Crippen LogP contribution is -2.60. The number of ether oxygens (including phenoxy) is 2. The number of hydrogen-bond donors (Lipinski definition) is 5. The van der Waals surface area contributed by atoms with E-state index in [1.54, 1.807) is 6.92 Å². The fraction of sp³-hybridized carbons (Fsp3) is 0.533. The van der Waals surface area contributed by atoms with Crippen LogP contribution in [-0.4, -0.2) is 68.6 Å². The summed E-state index contributed by atoms with van der Waals surface area (Å²) in [4.78, 5) is 11.4. The van der Waals surface area contributed by atoms with Crippen LogP contribution in [0.5, 0.6) is 11.5 Å². The first-order chi connectivity index (χ1) is 10.8. The van der Waals surface area contributed by atoms with E-state index in [2.05, 4.69) is 0 Å². The number of phenols is 1. The van der Waals surface area contributed by atoms with Gasteiger partial charge in [-0.15, -0.1) is 0 Å². The molecule has 1 aliphatic rings. The Hall–Kier alpha value is -1.71. The van der Waals surface area contributed by atoms with Crippen LogP contribution in [0.1, 0.15) is 22.8 Å². The minimum Gasteiger partial charge on any atom is -0.507 e. The number of Topliss-reactive ketones (excluding diaryl/α,β-unsaturated/α-hetero) is 1. The van der Waals surface area contributed by atoms with Crippen molar-refractivity contribution in [3.05, 3.63) is 23.3 Å². The zero-order valence-corrected chi connectivity index (χ0v) is 12.7. The zero-order chi connectivity index (χ0) is 17.3. The molecule has 1 saturated heterocycles. The van der Waals surface area contributed by atoms with E-state index in [4.69, 9.17) is 14.6 Å². The Morgan fingerprint density at radius 2 is 1.87 bits per heavy atom. The van der Waals surface area contributed by atoms with Gasteiger partial charge in [-0.3, -0.25) is 4.79 Å². The maximum absolute atomic E-state index is 11.4. The molecule has 0 aliphatic carbocycles. The minimum atomic E-state index is -1.56. The monoisotopic (exact) mass is 328 g/mol. The molecule has 1 heterocycles. The number of aromatic hydroxyl groups is 1. The number of phenolic OH excluding ortho intramolecular Hbond substituents is 1. The molecule has 8 nitrogen and oxygen atoms in total. The van der Waals surface area contributed by atoms with Gasteiger partial charge in [0.15, 0.2) is 5.78 Å². The van der Waals surface area contributed by atoms with Crippen LogP contribution in [0.2, 0.25) is 0 Å². The molecular weight excluding hydrogens is 308 g/mol. The predicted molar refractivity (Wildman–Crippen MR) is 77.2 cm³/mol. The van der Waals surface area contributed by atoms with Gasteiger partial charge in [-0.1, -0.05) is 0 Å². The zero-order valence-electron chi connectivity index (χ0n) is 12.7. The van der Waals surface area contributed by atoms with Crippen molar-refractivity contribution >= 4 is 5.78 Å². The van der Waals surface area contributed by atoms with Crippen LogP contribution in [-0.2, 0) is 4.74 Å². The van der Waals surface area contributed by atoms with Crippen molar-refractivity contribution < 1.29 is 39.8 Å². The summed E-state index contributed by atoms with van der Waals surface area (Å²) in [6.45, 7) is 2.36. The molecule has 5 atom stereocenters. The highest BCUT2D eigenvalue weighted by atomic mass is 16.7. The number of aliphatic hydroxyl groups excluding tert-OH is 4. The molecule has 23 heavy (non-hydrogen) atoms. The van der Waals surface area contributed by atoms with Crippen molar-refractivity contribution in [2.75, 3.05) is 6.61 Å². The molecule has 0 bridgehead atoms. The SMILES string of the molecule is CC(=O)c1c(C)cc(O[C@H]2O[C@H](CO)[C@@H](O)[C@H](O)[C@H]2O)cc1O. The van der Waals surface area contributed by atoms with Gasteiger partial charge in [0.05, 0.1) is 12.2 Å². The van der Waals surface area contributed by atoms with E-state index in [1.807, 2.05) is 0 Å². The quantitative estimate of drug-likeness (QED) is 0.448. The standard InChI is InChI=1S/C15H20O8/c1-6-3-8(4-9(18)11(6)7(2)17)22-15-14(21)13(20)12(19)10(5-16)23-15/h3-4,10,12-16,18-21H,5H2,1-2H3/t10-,12-,13+,14-,15+/m1/s1. The summed E-state index contributed by atoms with van der Waals surface area (Å²) in [5, 5.41) is 48.3. The van der Waals surface area contributed by atoms with Gasteiger partial charge in [0, 0.05) is 6.07 Å². The van der Waals surface area contributed by atoms with E-state index >= 15 is 0 Å². The lowest BCUT2D eigenvalue weighted by molar-refractivity contribution is -0.277. The predicted octanol–water partition coefficient (Wildman–Crippen LogP) is -0.918.